The summed E-state index contributed by atoms with van der Waals surface area (Å²) in [7, 11) is 0. The van der Waals surface area contributed by atoms with Crippen molar-refractivity contribution in [2.24, 2.45) is 0 Å². The normalized spacial score (nSPS) is 11.6. The fraction of sp³-hybridized carbons (Fsp3) is 0. The molecule has 0 fully saturated rings. The minimum absolute atomic E-state index is 0.618. The first-order valence-corrected chi connectivity index (χ1v) is 13.6. The van der Waals surface area contributed by atoms with E-state index in [2.05, 4.69) is 78.9 Å². The van der Waals surface area contributed by atoms with Crippen LogP contribution in [0.2, 0.25) is 0 Å². The second-order valence-corrected chi connectivity index (χ2v) is 10.1. The number of aromatic nitrogens is 3. The highest BCUT2D eigenvalue weighted by Crippen LogP contribution is 2.47. The van der Waals surface area contributed by atoms with Crippen molar-refractivity contribution in [1.82, 2.24) is 15.0 Å². The molecular weight excluding hydrogens is 502 g/mol. The predicted octanol–water partition coefficient (Wildman–Crippen LogP) is 9.47. The van der Waals surface area contributed by atoms with Gasteiger partial charge in [-0.25, -0.2) is 15.0 Å². The molecule has 41 heavy (non-hydrogen) atoms. The Hall–Kier alpha value is -5.61. The molecule has 0 N–H and O–H groups in total. The summed E-state index contributed by atoms with van der Waals surface area (Å²) in [4.78, 5) is 14.9. The highest BCUT2D eigenvalue weighted by Gasteiger charge is 2.21. The summed E-state index contributed by atoms with van der Waals surface area (Å²) in [5, 5.41) is 2.28. The third-order valence-corrected chi connectivity index (χ3v) is 7.51. The number of nitrogens with zero attached hydrogens (tertiary/aromatic N) is 3. The number of benzene rings is 6. The van der Waals surface area contributed by atoms with Crippen molar-refractivity contribution in [2.45, 2.75) is 0 Å². The van der Waals surface area contributed by atoms with Crippen LogP contribution in [0, 0.1) is 0 Å². The van der Waals surface area contributed by atoms with E-state index in [0.29, 0.717) is 17.5 Å². The topological polar surface area (TPSA) is 47.9 Å². The summed E-state index contributed by atoms with van der Waals surface area (Å²) in [6, 6.07) is 47.5. The Morgan fingerprint density at radius 3 is 1.71 bits per heavy atom. The van der Waals surface area contributed by atoms with Crippen LogP contribution in [-0.4, -0.2) is 15.0 Å². The molecule has 192 valence electrons. The smallest absolute Gasteiger partial charge is 0.164 e. The molecule has 4 nitrogen and oxygen atoms in total. The van der Waals surface area contributed by atoms with Gasteiger partial charge < -0.3 is 4.74 Å². The van der Waals surface area contributed by atoms with E-state index in [1.165, 1.54) is 0 Å². The van der Waals surface area contributed by atoms with Crippen molar-refractivity contribution in [3.63, 3.8) is 0 Å². The van der Waals surface area contributed by atoms with Gasteiger partial charge in [0.2, 0.25) is 0 Å². The average molecular weight is 526 g/mol. The Morgan fingerprint density at radius 1 is 0.366 bits per heavy atom. The second kappa shape index (κ2) is 9.54. The highest BCUT2D eigenvalue weighted by atomic mass is 16.5. The summed E-state index contributed by atoms with van der Waals surface area (Å²) in [6.07, 6.45) is 0. The fourth-order valence-electron chi connectivity index (χ4n) is 5.52. The quantitative estimate of drug-likeness (QED) is 0.230. The average Bonchev–Trinajstić information content (AvgIpc) is 3.05. The van der Waals surface area contributed by atoms with Crippen LogP contribution in [0.15, 0.2) is 140 Å². The van der Waals surface area contributed by atoms with Gasteiger partial charge in [-0.3, -0.25) is 0 Å². The van der Waals surface area contributed by atoms with Gasteiger partial charge in [0.15, 0.2) is 17.5 Å². The number of hydrogen-bond donors (Lipinski definition) is 0. The van der Waals surface area contributed by atoms with E-state index in [4.69, 9.17) is 19.7 Å². The second-order valence-electron chi connectivity index (χ2n) is 10.1. The third kappa shape index (κ3) is 4.14. The van der Waals surface area contributed by atoms with Gasteiger partial charge in [0.25, 0.3) is 0 Å². The molecule has 1 aliphatic rings. The largest absolute Gasteiger partial charge is 0.456 e. The Balaban J connectivity index is 1.30. The molecule has 7 aromatic rings. The molecule has 1 aliphatic heterocycles. The monoisotopic (exact) mass is 525 g/mol. The number of fused-ring (bicyclic) bond motifs is 2. The predicted molar refractivity (Wildman–Crippen MR) is 165 cm³/mol. The van der Waals surface area contributed by atoms with E-state index < -0.39 is 0 Å². The molecule has 0 aliphatic carbocycles. The molecule has 0 saturated carbocycles. The Labute approximate surface area is 237 Å². The molecule has 0 unspecified atom stereocenters. The van der Waals surface area contributed by atoms with Crippen LogP contribution in [-0.2, 0) is 0 Å². The summed E-state index contributed by atoms with van der Waals surface area (Å²) in [6.45, 7) is 0. The van der Waals surface area contributed by atoms with Gasteiger partial charge in [0, 0.05) is 27.6 Å². The minimum Gasteiger partial charge on any atom is -0.456 e. The third-order valence-electron chi connectivity index (χ3n) is 7.51. The maximum atomic E-state index is 6.33. The van der Waals surface area contributed by atoms with Crippen molar-refractivity contribution in [3.8, 4) is 67.9 Å². The van der Waals surface area contributed by atoms with Gasteiger partial charge in [-0.2, -0.15) is 0 Å². The molecule has 0 atom stereocenters. The lowest BCUT2D eigenvalue weighted by molar-refractivity contribution is 0.487. The van der Waals surface area contributed by atoms with Crippen molar-refractivity contribution >= 4 is 10.8 Å². The van der Waals surface area contributed by atoms with Crippen molar-refractivity contribution in [3.05, 3.63) is 140 Å². The van der Waals surface area contributed by atoms with E-state index in [1.54, 1.807) is 0 Å². The van der Waals surface area contributed by atoms with Crippen molar-refractivity contribution in [2.75, 3.05) is 0 Å². The molecule has 8 rings (SSSR count). The molecule has 0 bridgehead atoms. The number of hydrogen-bond acceptors (Lipinski definition) is 4. The molecule has 0 amide bonds. The zero-order valence-corrected chi connectivity index (χ0v) is 22.0. The summed E-state index contributed by atoms with van der Waals surface area (Å²) in [5.41, 5.74) is 7.23. The summed E-state index contributed by atoms with van der Waals surface area (Å²) < 4.78 is 6.33. The van der Waals surface area contributed by atoms with Crippen LogP contribution < -0.4 is 4.74 Å². The standard InChI is InChI=1S/C37H23N3O/c1-3-10-24(11-4-1)27-16-7-17-28(22-27)36-38-35(26-12-5-2-6-13-26)39-37(40-36)29-20-21-32-31(23-29)30-18-8-14-25-15-9-19-33(41-32)34(25)30/h1-23H. The van der Waals surface area contributed by atoms with Crippen LogP contribution in [0.1, 0.15) is 0 Å². The van der Waals surface area contributed by atoms with Crippen LogP contribution in [0.5, 0.6) is 11.5 Å². The van der Waals surface area contributed by atoms with Gasteiger partial charge in [0.1, 0.15) is 11.5 Å². The zero-order valence-electron chi connectivity index (χ0n) is 22.0. The van der Waals surface area contributed by atoms with Crippen LogP contribution in [0.25, 0.3) is 67.2 Å². The lowest BCUT2D eigenvalue weighted by Gasteiger charge is -2.21. The maximum absolute atomic E-state index is 6.33. The molecule has 6 aromatic carbocycles. The molecular formula is C37H23N3O. The molecule has 2 heterocycles. The van der Waals surface area contributed by atoms with Gasteiger partial charge in [-0.15, -0.1) is 0 Å². The fourth-order valence-corrected chi connectivity index (χ4v) is 5.52. The van der Waals surface area contributed by atoms with Crippen molar-refractivity contribution < 1.29 is 4.74 Å². The van der Waals surface area contributed by atoms with Crippen LogP contribution in [0.4, 0.5) is 0 Å². The minimum atomic E-state index is 0.618. The Kier molecular flexibility index (Phi) is 5.42. The summed E-state index contributed by atoms with van der Waals surface area (Å²) >= 11 is 0. The SMILES string of the molecule is c1ccc(-c2cccc(-c3nc(-c4ccccc4)nc(-c4ccc5c(c4)-c4cccc6cccc(c46)O5)n3)c2)cc1. The Morgan fingerprint density at radius 2 is 0.951 bits per heavy atom. The zero-order chi connectivity index (χ0) is 27.2. The van der Waals surface area contributed by atoms with E-state index in [-0.39, 0.29) is 0 Å². The van der Waals surface area contributed by atoms with E-state index in [0.717, 1.165) is 61.2 Å². The number of rotatable bonds is 4. The van der Waals surface area contributed by atoms with Gasteiger partial charge in [0.05, 0.1) is 0 Å². The molecule has 0 spiro atoms. The van der Waals surface area contributed by atoms with Crippen LogP contribution >= 0.6 is 0 Å². The first kappa shape index (κ1) is 23.3. The van der Waals surface area contributed by atoms with Crippen LogP contribution in [0.3, 0.4) is 0 Å². The Bertz CT molecular complexity index is 2070. The lowest BCUT2D eigenvalue weighted by Crippen LogP contribution is -2.01. The lowest BCUT2D eigenvalue weighted by atomic mass is 9.93. The van der Waals surface area contributed by atoms with E-state index in [9.17, 15) is 0 Å². The summed E-state index contributed by atoms with van der Waals surface area (Å²) in [5.74, 6) is 3.59. The van der Waals surface area contributed by atoms with Gasteiger partial charge >= 0.3 is 0 Å². The van der Waals surface area contributed by atoms with E-state index in [1.807, 2.05) is 60.7 Å². The van der Waals surface area contributed by atoms with Gasteiger partial charge in [-0.05, 0) is 52.4 Å². The first-order valence-electron chi connectivity index (χ1n) is 13.6. The van der Waals surface area contributed by atoms with E-state index >= 15 is 0 Å². The highest BCUT2D eigenvalue weighted by molar-refractivity contribution is 6.04. The molecule has 0 saturated heterocycles. The maximum Gasteiger partial charge on any atom is 0.164 e. The van der Waals surface area contributed by atoms with Crippen molar-refractivity contribution in [1.29, 1.82) is 0 Å². The molecule has 0 radical (unpaired) electrons. The molecule has 4 heteroatoms. The number of ether oxygens (including phenoxy) is 1. The van der Waals surface area contributed by atoms with Gasteiger partial charge in [-0.1, -0.05) is 109 Å². The molecule has 1 aromatic heterocycles. The first-order chi connectivity index (χ1) is 20.3.